The van der Waals surface area contributed by atoms with Gasteiger partial charge in [-0.25, -0.2) is 0 Å². The van der Waals surface area contributed by atoms with Crippen molar-refractivity contribution in [3.63, 3.8) is 0 Å². The van der Waals surface area contributed by atoms with E-state index < -0.39 is 23.6 Å². The summed E-state index contributed by atoms with van der Waals surface area (Å²) in [6, 6.07) is 11.7. The molecule has 39 heavy (non-hydrogen) atoms. The van der Waals surface area contributed by atoms with Gasteiger partial charge in [0, 0.05) is 56.9 Å². The highest BCUT2D eigenvalue weighted by molar-refractivity contribution is 5.97. The molecular weight excluding hydrogens is 511 g/mol. The summed E-state index contributed by atoms with van der Waals surface area (Å²) in [5.41, 5.74) is 0.649. The number of hydrogen-bond donors (Lipinski definition) is 2. The van der Waals surface area contributed by atoms with Gasteiger partial charge in [-0.3, -0.25) is 24.2 Å². The van der Waals surface area contributed by atoms with Crippen LogP contribution in [0.3, 0.4) is 0 Å². The van der Waals surface area contributed by atoms with E-state index in [2.05, 4.69) is 20.4 Å². The lowest BCUT2D eigenvalue weighted by molar-refractivity contribution is -0.137. The molecule has 0 aliphatic carbocycles. The Morgan fingerprint density at radius 3 is 2.41 bits per heavy atom. The molecule has 2 aliphatic heterocycles. The van der Waals surface area contributed by atoms with Crippen LogP contribution in [0.5, 0.6) is 0 Å². The lowest BCUT2D eigenvalue weighted by Gasteiger charge is -2.36. The molecule has 2 aliphatic rings. The molecule has 0 saturated carbocycles. The molecule has 2 heterocycles. The number of likely N-dealkylation sites (tertiary alicyclic amines) is 1. The van der Waals surface area contributed by atoms with Gasteiger partial charge in [0.05, 0.1) is 18.3 Å². The zero-order valence-electron chi connectivity index (χ0n) is 22.0. The predicted octanol–water partition coefficient (Wildman–Crippen LogP) is 2.74. The zero-order chi connectivity index (χ0) is 28.0. The molecule has 210 valence electrons. The van der Waals surface area contributed by atoms with E-state index in [1.54, 1.807) is 0 Å². The van der Waals surface area contributed by atoms with Crippen LogP contribution in [-0.4, -0.2) is 90.9 Å². The molecule has 0 radical (unpaired) electrons. The van der Waals surface area contributed by atoms with E-state index in [0.717, 1.165) is 74.9 Å². The first-order valence-electron chi connectivity index (χ1n) is 13.2. The molecule has 1 unspecified atom stereocenters. The van der Waals surface area contributed by atoms with Crippen LogP contribution in [0.2, 0.25) is 0 Å². The van der Waals surface area contributed by atoms with Crippen molar-refractivity contribution in [1.29, 1.82) is 0 Å². The second-order valence-electron chi connectivity index (χ2n) is 9.97. The first kappa shape index (κ1) is 28.6. The zero-order valence-corrected chi connectivity index (χ0v) is 22.0. The van der Waals surface area contributed by atoms with Crippen molar-refractivity contribution in [1.82, 2.24) is 25.3 Å². The third kappa shape index (κ3) is 7.57. The van der Waals surface area contributed by atoms with Gasteiger partial charge >= 0.3 is 6.18 Å². The van der Waals surface area contributed by atoms with Crippen molar-refractivity contribution in [3.05, 3.63) is 70.8 Å². The number of alkyl halides is 3. The number of amides is 3. The number of nitrogens with zero attached hydrogens (tertiary/aromatic N) is 3. The molecule has 2 fully saturated rings. The Labute approximate surface area is 226 Å². The lowest BCUT2D eigenvalue weighted by Crippen LogP contribution is -2.52. The largest absolute Gasteiger partial charge is 0.416 e. The molecule has 11 heteroatoms. The smallest absolute Gasteiger partial charge is 0.343 e. The van der Waals surface area contributed by atoms with Crippen molar-refractivity contribution in [2.75, 3.05) is 52.4 Å². The van der Waals surface area contributed by atoms with Crippen LogP contribution in [0.4, 0.5) is 13.2 Å². The van der Waals surface area contributed by atoms with E-state index in [-0.39, 0.29) is 24.2 Å². The minimum atomic E-state index is -4.55. The molecule has 2 aromatic rings. The van der Waals surface area contributed by atoms with Gasteiger partial charge in [0.15, 0.2) is 0 Å². The average molecular weight is 546 g/mol. The first-order valence-corrected chi connectivity index (χ1v) is 13.2. The molecule has 0 bridgehead atoms. The lowest BCUT2D eigenvalue weighted by atomic mass is 10.1. The summed E-state index contributed by atoms with van der Waals surface area (Å²) >= 11 is 0. The minimum absolute atomic E-state index is 0.0650. The van der Waals surface area contributed by atoms with Gasteiger partial charge in [-0.1, -0.05) is 24.3 Å². The van der Waals surface area contributed by atoms with Crippen LogP contribution >= 0.6 is 0 Å². The number of benzene rings is 2. The highest BCUT2D eigenvalue weighted by Gasteiger charge is 2.31. The van der Waals surface area contributed by atoms with Crippen molar-refractivity contribution >= 4 is 17.7 Å². The quantitative estimate of drug-likeness (QED) is 0.533. The number of piperazine rings is 1. The molecule has 8 nitrogen and oxygen atoms in total. The number of carbonyl (C=O) groups excluding carboxylic acids is 3. The maximum absolute atomic E-state index is 12.9. The van der Waals surface area contributed by atoms with E-state index in [1.165, 1.54) is 6.07 Å². The van der Waals surface area contributed by atoms with Gasteiger partial charge in [-0.15, -0.1) is 0 Å². The second kappa shape index (κ2) is 12.6. The van der Waals surface area contributed by atoms with E-state index in [9.17, 15) is 27.6 Å². The van der Waals surface area contributed by atoms with Gasteiger partial charge in [-0.2, -0.15) is 13.2 Å². The number of carbonyl (C=O) groups is 3. The van der Waals surface area contributed by atoms with Crippen molar-refractivity contribution in [2.45, 2.75) is 32.1 Å². The van der Waals surface area contributed by atoms with Gasteiger partial charge in [0.2, 0.25) is 5.91 Å². The summed E-state index contributed by atoms with van der Waals surface area (Å²) in [6.07, 6.45) is -3.00. The van der Waals surface area contributed by atoms with Crippen LogP contribution in [-0.2, 0) is 11.0 Å². The van der Waals surface area contributed by atoms with E-state index in [1.807, 2.05) is 36.1 Å². The molecule has 3 amide bonds. The maximum atomic E-state index is 12.9. The first-order chi connectivity index (χ1) is 18.6. The maximum Gasteiger partial charge on any atom is 0.416 e. The Morgan fingerprint density at radius 2 is 1.69 bits per heavy atom. The fourth-order valence-corrected chi connectivity index (χ4v) is 5.02. The van der Waals surface area contributed by atoms with Crippen molar-refractivity contribution in [3.8, 4) is 0 Å². The summed E-state index contributed by atoms with van der Waals surface area (Å²) in [7, 11) is 0. The Morgan fingerprint density at radius 1 is 0.949 bits per heavy atom. The number of hydrogen-bond acceptors (Lipinski definition) is 5. The molecule has 4 rings (SSSR count). The number of nitrogens with one attached hydrogen (secondary N) is 2. The standard InChI is InChI=1S/C28H34F3N5O3/c1-20-6-2-3-9-23(20)27(39)36-16-13-34(14-17-36)12-15-35-11-5-10-24(35)33-25(37)19-32-26(38)21-7-4-8-22(18-21)28(29,30)31/h2-4,6-9,18,24H,5,10-17,19H2,1H3,(H,32,38)(H,33,37). The van der Waals surface area contributed by atoms with Crippen LogP contribution in [0.15, 0.2) is 48.5 Å². The summed E-state index contributed by atoms with van der Waals surface area (Å²) in [5.74, 6) is -1.06. The van der Waals surface area contributed by atoms with Crippen molar-refractivity contribution < 1.29 is 27.6 Å². The Hall–Kier alpha value is -3.44. The highest BCUT2D eigenvalue weighted by Crippen LogP contribution is 2.29. The molecular formula is C28H34F3N5O3. The topological polar surface area (TPSA) is 85.0 Å². The average Bonchev–Trinajstić information content (AvgIpc) is 3.37. The summed E-state index contributed by atoms with van der Waals surface area (Å²) in [4.78, 5) is 44.0. The van der Waals surface area contributed by atoms with Gasteiger partial charge in [0.25, 0.3) is 11.8 Å². The van der Waals surface area contributed by atoms with Crippen LogP contribution in [0.25, 0.3) is 0 Å². The fourth-order valence-electron chi connectivity index (χ4n) is 5.02. The molecule has 2 saturated heterocycles. The monoisotopic (exact) mass is 545 g/mol. The summed E-state index contributed by atoms with van der Waals surface area (Å²) in [5, 5.41) is 5.33. The number of halogens is 3. The molecule has 1 atom stereocenters. The van der Waals surface area contributed by atoms with Crippen LogP contribution in [0.1, 0.15) is 44.7 Å². The number of aryl methyl sites for hydroxylation is 1. The van der Waals surface area contributed by atoms with Crippen LogP contribution in [0, 0.1) is 6.92 Å². The van der Waals surface area contributed by atoms with Gasteiger partial charge in [-0.05, 0) is 49.6 Å². The second-order valence-corrected chi connectivity index (χ2v) is 9.97. The third-order valence-corrected chi connectivity index (χ3v) is 7.29. The summed E-state index contributed by atoms with van der Waals surface area (Å²) in [6.45, 7) is 6.92. The normalized spacial score (nSPS) is 18.7. The van der Waals surface area contributed by atoms with Gasteiger partial charge < -0.3 is 15.5 Å². The Kier molecular flexibility index (Phi) is 9.24. The van der Waals surface area contributed by atoms with E-state index in [0.29, 0.717) is 13.1 Å². The van der Waals surface area contributed by atoms with E-state index >= 15 is 0 Å². The van der Waals surface area contributed by atoms with Crippen molar-refractivity contribution in [2.24, 2.45) is 0 Å². The minimum Gasteiger partial charge on any atom is -0.343 e. The fraction of sp³-hybridized carbons (Fsp3) is 0.464. The number of rotatable bonds is 8. The Balaban J connectivity index is 1.19. The Bertz CT molecular complexity index is 1180. The predicted molar refractivity (Wildman–Crippen MR) is 140 cm³/mol. The molecule has 2 aromatic carbocycles. The SMILES string of the molecule is Cc1ccccc1C(=O)N1CCN(CCN2CCCC2NC(=O)CNC(=O)c2cccc(C(F)(F)F)c2)CC1. The molecule has 0 spiro atoms. The highest BCUT2D eigenvalue weighted by atomic mass is 19.4. The van der Waals surface area contributed by atoms with E-state index in [4.69, 9.17) is 0 Å². The third-order valence-electron chi connectivity index (χ3n) is 7.29. The molecule has 2 N–H and O–H groups in total. The molecule has 0 aromatic heterocycles. The van der Waals surface area contributed by atoms with Crippen LogP contribution < -0.4 is 10.6 Å². The van der Waals surface area contributed by atoms with Gasteiger partial charge in [0.1, 0.15) is 0 Å². The summed E-state index contributed by atoms with van der Waals surface area (Å²) < 4.78 is 38.7.